The molecule has 0 bridgehead atoms. The summed E-state index contributed by atoms with van der Waals surface area (Å²) in [6.07, 6.45) is 0.680. The van der Waals surface area contributed by atoms with Crippen LogP contribution in [0.15, 0.2) is 48.5 Å². The van der Waals surface area contributed by atoms with E-state index in [1.54, 1.807) is 11.0 Å². The molecule has 0 atom stereocenters. The van der Waals surface area contributed by atoms with Crippen molar-refractivity contribution >= 4 is 23.9 Å². The Morgan fingerprint density at radius 1 is 1.04 bits per heavy atom. The number of ether oxygens (including phenoxy) is 3. The van der Waals surface area contributed by atoms with Crippen molar-refractivity contribution in [3.63, 3.8) is 0 Å². The molecule has 0 unspecified atom stereocenters. The standard InChI is InChI=1S/C21H23NO6/c1-15(2)22(17-7-5-4-6-8-17)20(24)13-28-21(25)14-27-18-10-9-16(12-23)11-19(18)26-3/h4-12,15H,13-14H2,1-3H3. The summed E-state index contributed by atoms with van der Waals surface area (Å²) < 4.78 is 15.5. The van der Waals surface area contributed by atoms with Crippen LogP contribution in [0.5, 0.6) is 11.5 Å². The quantitative estimate of drug-likeness (QED) is 0.488. The molecule has 148 valence electrons. The Bertz CT molecular complexity index is 819. The highest BCUT2D eigenvalue weighted by molar-refractivity contribution is 5.95. The first-order valence-electron chi connectivity index (χ1n) is 8.75. The van der Waals surface area contributed by atoms with Crippen molar-refractivity contribution in [3.8, 4) is 11.5 Å². The molecule has 7 heteroatoms. The molecule has 0 fully saturated rings. The summed E-state index contributed by atoms with van der Waals surface area (Å²) >= 11 is 0. The molecule has 0 aliphatic carbocycles. The van der Waals surface area contributed by atoms with Crippen LogP contribution in [0, 0.1) is 0 Å². The zero-order valence-corrected chi connectivity index (χ0v) is 16.1. The molecule has 0 spiro atoms. The van der Waals surface area contributed by atoms with E-state index in [2.05, 4.69) is 0 Å². The van der Waals surface area contributed by atoms with Gasteiger partial charge in [0.05, 0.1) is 7.11 Å². The van der Waals surface area contributed by atoms with Gasteiger partial charge in [-0.3, -0.25) is 9.59 Å². The third kappa shape index (κ3) is 5.57. The van der Waals surface area contributed by atoms with E-state index in [9.17, 15) is 14.4 Å². The fraction of sp³-hybridized carbons (Fsp3) is 0.286. The lowest BCUT2D eigenvalue weighted by Crippen LogP contribution is -2.40. The van der Waals surface area contributed by atoms with E-state index in [0.29, 0.717) is 23.3 Å². The van der Waals surface area contributed by atoms with Crippen LogP contribution >= 0.6 is 0 Å². The molecule has 7 nitrogen and oxygen atoms in total. The minimum Gasteiger partial charge on any atom is -0.493 e. The monoisotopic (exact) mass is 385 g/mol. The third-order valence-electron chi connectivity index (χ3n) is 3.85. The van der Waals surface area contributed by atoms with Gasteiger partial charge in [-0.05, 0) is 44.2 Å². The zero-order valence-electron chi connectivity index (χ0n) is 16.1. The lowest BCUT2D eigenvalue weighted by atomic mass is 10.2. The maximum atomic E-state index is 12.5. The topological polar surface area (TPSA) is 82.1 Å². The third-order valence-corrected chi connectivity index (χ3v) is 3.85. The first-order chi connectivity index (χ1) is 13.5. The summed E-state index contributed by atoms with van der Waals surface area (Å²) in [5.41, 5.74) is 1.15. The second-order valence-electron chi connectivity index (χ2n) is 6.17. The number of amides is 1. The van der Waals surface area contributed by atoms with Crippen molar-refractivity contribution in [2.24, 2.45) is 0 Å². The number of esters is 1. The van der Waals surface area contributed by atoms with Gasteiger partial charge in [-0.2, -0.15) is 0 Å². The highest BCUT2D eigenvalue weighted by Gasteiger charge is 2.20. The van der Waals surface area contributed by atoms with Crippen LogP contribution in [0.3, 0.4) is 0 Å². The Balaban J connectivity index is 1.91. The predicted octanol–water partition coefficient (Wildman–Crippen LogP) is 2.87. The average Bonchev–Trinajstić information content (AvgIpc) is 2.71. The zero-order chi connectivity index (χ0) is 20.5. The van der Waals surface area contributed by atoms with Gasteiger partial charge < -0.3 is 19.1 Å². The molecule has 2 rings (SSSR count). The Morgan fingerprint density at radius 3 is 2.36 bits per heavy atom. The van der Waals surface area contributed by atoms with Crippen molar-refractivity contribution in [1.82, 2.24) is 0 Å². The van der Waals surface area contributed by atoms with Gasteiger partial charge in [-0.15, -0.1) is 0 Å². The molecule has 28 heavy (non-hydrogen) atoms. The second-order valence-corrected chi connectivity index (χ2v) is 6.17. The number of aldehydes is 1. The van der Waals surface area contributed by atoms with Crippen molar-refractivity contribution in [2.75, 3.05) is 25.2 Å². The maximum absolute atomic E-state index is 12.5. The Morgan fingerprint density at radius 2 is 1.75 bits per heavy atom. The molecule has 0 saturated heterocycles. The molecule has 0 radical (unpaired) electrons. The Labute approximate surface area is 163 Å². The van der Waals surface area contributed by atoms with Gasteiger partial charge in [0, 0.05) is 17.3 Å². The first kappa shape index (κ1) is 21.0. The molecule has 0 heterocycles. The average molecular weight is 385 g/mol. The molecule has 0 N–H and O–H groups in total. The molecular formula is C21H23NO6. The SMILES string of the molecule is COc1cc(C=O)ccc1OCC(=O)OCC(=O)N(c1ccccc1)C(C)C. The van der Waals surface area contributed by atoms with Gasteiger partial charge in [0.15, 0.2) is 24.7 Å². The minimum atomic E-state index is -0.688. The van der Waals surface area contributed by atoms with Crippen LogP contribution in [0.1, 0.15) is 24.2 Å². The fourth-order valence-electron chi connectivity index (χ4n) is 2.59. The van der Waals surface area contributed by atoms with Gasteiger partial charge in [-0.25, -0.2) is 4.79 Å². The normalized spacial score (nSPS) is 10.3. The molecule has 0 aliphatic rings. The second kappa shape index (κ2) is 10.1. The molecule has 2 aromatic carbocycles. The maximum Gasteiger partial charge on any atom is 0.344 e. The number of hydrogen-bond donors (Lipinski definition) is 0. The van der Waals surface area contributed by atoms with Gasteiger partial charge in [-0.1, -0.05) is 18.2 Å². The smallest absolute Gasteiger partial charge is 0.344 e. The number of anilines is 1. The van der Waals surface area contributed by atoms with Crippen molar-refractivity contribution in [1.29, 1.82) is 0 Å². The van der Waals surface area contributed by atoms with E-state index in [0.717, 1.165) is 5.69 Å². The number of rotatable bonds is 9. The number of hydrogen-bond acceptors (Lipinski definition) is 6. The molecule has 0 saturated carbocycles. The van der Waals surface area contributed by atoms with E-state index in [1.807, 2.05) is 44.2 Å². The molecule has 1 amide bonds. The van der Waals surface area contributed by atoms with Crippen LogP contribution in [-0.4, -0.2) is 44.5 Å². The van der Waals surface area contributed by atoms with Crippen LogP contribution in [0.2, 0.25) is 0 Å². The highest BCUT2D eigenvalue weighted by atomic mass is 16.6. The van der Waals surface area contributed by atoms with Crippen molar-refractivity contribution in [2.45, 2.75) is 19.9 Å². The van der Waals surface area contributed by atoms with E-state index < -0.39 is 19.2 Å². The number of benzene rings is 2. The molecular weight excluding hydrogens is 362 g/mol. The summed E-state index contributed by atoms with van der Waals surface area (Å²) in [5, 5.41) is 0. The number of para-hydroxylation sites is 1. The highest BCUT2D eigenvalue weighted by Crippen LogP contribution is 2.27. The fourth-order valence-corrected chi connectivity index (χ4v) is 2.59. The van der Waals surface area contributed by atoms with E-state index >= 15 is 0 Å². The van der Waals surface area contributed by atoms with Crippen LogP contribution in [0.25, 0.3) is 0 Å². The Hall–Kier alpha value is -3.35. The summed E-state index contributed by atoms with van der Waals surface area (Å²) in [4.78, 5) is 36.8. The van der Waals surface area contributed by atoms with Crippen molar-refractivity contribution in [3.05, 3.63) is 54.1 Å². The van der Waals surface area contributed by atoms with Gasteiger partial charge in [0.1, 0.15) is 6.29 Å². The van der Waals surface area contributed by atoms with Crippen LogP contribution in [0.4, 0.5) is 5.69 Å². The van der Waals surface area contributed by atoms with E-state index in [1.165, 1.54) is 19.2 Å². The predicted molar refractivity (Wildman–Crippen MR) is 104 cm³/mol. The molecule has 2 aromatic rings. The Kier molecular flexibility index (Phi) is 7.56. The summed E-state index contributed by atoms with van der Waals surface area (Å²) in [7, 11) is 1.43. The van der Waals surface area contributed by atoms with Crippen LogP contribution in [-0.2, 0) is 14.3 Å². The van der Waals surface area contributed by atoms with Gasteiger partial charge in [0.25, 0.3) is 5.91 Å². The lowest BCUT2D eigenvalue weighted by molar-refractivity contribution is -0.149. The number of carbonyl (C=O) groups is 3. The minimum absolute atomic E-state index is 0.0922. The number of methoxy groups -OCH3 is 1. The molecule has 0 aliphatic heterocycles. The van der Waals surface area contributed by atoms with E-state index in [-0.39, 0.29) is 11.9 Å². The summed E-state index contributed by atoms with van der Waals surface area (Å²) in [6, 6.07) is 13.6. The number of nitrogens with zero attached hydrogens (tertiary/aromatic N) is 1. The van der Waals surface area contributed by atoms with Crippen LogP contribution < -0.4 is 14.4 Å². The van der Waals surface area contributed by atoms with Gasteiger partial charge in [0.2, 0.25) is 0 Å². The lowest BCUT2D eigenvalue weighted by Gasteiger charge is -2.26. The first-order valence-corrected chi connectivity index (χ1v) is 8.75. The van der Waals surface area contributed by atoms with Crippen molar-refractivity contribution < 1.29 is 28.6 Å². The van der Waals surface area contributed by atoms with E-state index in [4.69, 9.17) is 14.2 Å². The number of carbonyl (C=O) groups excluding carboxylic acids is 3. The largest absolute Gasteiger partial charge is 0.493 e. The summed E-state index contributed by atoms with van der Waals surface area (Å²) in [5.74, 6) is -0.401. The summed E-state index contributed by atoms with van der Waals surface area (Å²) in [6.45, 7) is 2.98. The molecule has 0 aromatic heterocycles. The van der Waals surface area contributed by atoms with Gasteiger partial charge >= 0.3 is 5.97 Å².